The number of carbonyl (C=O) groups excluding carboxylic acids is 1. The van der Waals surface area contributed by atoms with Crippen molar-refractivity contribution in [2.75, 3.05) is 6.54 Å². The Labute approximate surface area is 155 Å². The van der Waals surface area contributed by atoms with Crippen LogP contribution in [0.25, 0.3) is 0 Å². The number of amides is 1. The molecular weight excluding hydrogens is 336 g/mol. The molecular formula is C20H25ClN2O2. The Bertz CT molecular complexity index is 658. The van der Waals surface area contributed by atoms with E-state index in [1.54, 1.807) is 0 Å². The molecule has 3 rings (SSSR count). The Morgan fingerprint density at radius 1 is 1.08 bits per heavy atom. The molecule has 1 amide bonds. The first-order valence-corrected chi connectivity index (χ1v) is 8.58. The van der Waals surface area contributed by atoms with E-state index in [9.17, 15) is 4.79 Å². The molecule has 2 aromatic rings. The first-order valence-electron chi connectivity index (χ1n) is 8.58. The number of para-hydroxylation sites is 1. The Hall–Kier alpha value is -2.04. The maximum absolute atomic E-state index is 12.2. The second-order valence-corrected chi connectivity index (χ2v) is 6.10. The molecule has 0 spiro atoms. The second kappa shape index (κ2) is 10.1. The summed E-state index contributed by atoms with van der Waals surface area (Å²) in [5.41, 5.74) is 2.13. The van der Waals surface area contributed by atoms with Gasteiger partial charge in [-0.3, -0.25) is 4.79 Å². The average molecular weight is 361 g/mol. The highest BCUT2D eigenvalue weighted by Crippen LogP contribution is 2.19. The SMILES string of the molecule is Cl.O=C(NCc1ccccc1OCc1ccccc1)C1CCCCN1. The lowest BCUT2D eigenvalue weighted by atomic mass is 10.0. The summed E-state index contributed by atoms with van der Waals surface area (Å²) < 4.78 is 5.93. The van der Waals surface area contributed by atoms with Crippen molar-refractivity contribution in [3.8, 4) is 5.75 Å². The minimum absolute atomic E-state index is 0. The van der Waals surface area contributed by atoms with Gasteiger partial charge in [-0.25, -0.2) is 0 Å². The summed E-state index contributed by atoms with van der Waals surface area (Å²) >= 11 is 0. The van der Waals surface area contributed by atoms with Gasteiger partial charge in [0, 0.05) is 12.1 Å². The average Bonchev–Trinajstić information content (AvgIpc) is 2.66. The van der Waals surface area contributed by atoms with Crippen molar-refractivity contribution in [3.05, 3.63) is 65.7 Å². The van der Waals surface area contributed by atoms with Gasteiger partial charge in [0.2, 0.25) is 5.91 Å². The zero-order chi connectivity index (χ0) is 16.6. The van der Waals surface area contributed by atoms with E-state index in [2.05, 4.69) is 10.6 Å². The number of rotatable bonds is 6. The summed E-state index contributed by atoms with van der Waals surface area (Å²) in [5.74, 6) is 0.894. The molecule has 2 aromatic carbocycles. The predicted octanol–water partition coefficient (Wildman–Crippen LogP) is 3.45. The molecule has 1 atom stereocenters. The van der Waals surface area contributed by atoms with Crippen LogP contribution < -0.4 is 15.4 Å². The van der Waals surface area contributed by atoms with E-state index in [1.165, 1.54) is 0 Å². The number of piperidine rings is 1. The molecule has 134 valence electrons. The van der Waals surface area contributed by atoms with E-state index in [4.69, 9.17) is 4.74 Å². The number of nitrogens with one attached hydrogen (secondary N) is 2. The summed E-state index contributed by atoms with van der Waals surface area (Å²) in [6.07, 6.45) is 3.18. The zero-order valence-electron chi connectivity index (χ0n) is 14.2. The minimum atomic E-state index is -0.0591. The highest BCUT2D eigenvalue weighted by Gasteiger charge is 2.20. The fourth-order valence-corrected chi connectivity index (χ4v) is 2.91. The van der Waals surface area contributed by atoms with Crippen LogP contribution >= 0.6 is 12.4 Å². The molecule has 1 saturated heterocycles. The predicted molar refractivity (Wildman–Crippen MR) is 102 cm³/mol. The summed E-state index contributed by atoms with van der Waals surface area (Å²) in [6, 6.07) is 17.9. The Balaban J connectivity index is 0.00000225. The normalized spacial score (nSPS) is 16.6. The molecule has 2 N–H and O–H groups in total. The molecule has 0 bridgehead atoms. The van der Waals surface area contributed by atoms with Crippen molar-refractivity contribution < 1.29 is 9.53 Å². The van der Waals surface area contributed by atoms with E-state index < -0.39 is 0 Å². The van der Waals surface area contributed by atoms with Gasteiger partial charge in [-0.15, -0.1) is 12.4 Å². The van der Waals surface area contributed by atoms with Crippen LogP contribution in [0.15, 0.2) is 54.6 Å². The smallest absolute Gasteiger partial charge is 0.237 e. The van der Waals surface area contributed by atoms with Gasteiger partial charge in [-0.1, -0.05) is 55.0 Å². The fourth-order valence-electron chi connectivity index (χ4n) is 2.91. The van der Waals surface area contributed by atoms with Gasteiger partial charge in [0.05, 0.1) is 6.04 Å². The van der Waals surface area contributed by atoms with E-state index in [1.807, 2.05) is 54.6 Å². The summed E-state index contributed by atoms with van der Waals surface area (Å²) in [5, 5.41) is 6.30. The molecule has 5 heteroatoms. The number of carbonyl (C=O) groups is 1. The fraction of sp³-hybridized carbons (Fsp3) is 0.350. The van der Waals surface area contributed by atoms with Crippen molar-refractivity contribution in [2.24, 2.45) is 0 Å². The monoisotopic (exact) mass is 360 g/mol. The Kier molecular flexibility index (Phi) is 7.76. The minimum Gasteiger partial charge on any atom is -0.489 e. The van der Waals surface area contributed by atoms with E-state index >= 15 is 0 Å². The third-order valence-corrected chi connectivity index (χ3v) is 4.29. The van der Waals surface area contributed by atoms with Crippen LogP contribution in [0.1, 0.15) is 30.4 Å². The van der Waals surface area contributed by atoms with Crippen molar-refractivity contribution in [1.82, 2.24) is 10.6 Å². The maximum atomic E-state index is 12.2. The highest BCUT2D eigenvalue weighted by molar-refractivity contribution is 5.85. The van der Waals surface area contributed by atoms with Gasteiger partial charge in [0.15, 0.2) is 0 Å². The number of halogens is 1. The van der Waals surface area contributed by atoms with Gasteiger partial charge >= 0.3 is 0 Å². The van der Waals surface area contributed by atoms with Crippen molar-refractivity contribution >= 4 is 18.3 Å². The summed E-state index contributed by atoms with van der Waals surface area (Å²) in [7, 11) is 0. The van der Waals surface area contributed by atoms with Crippen molar-refractivity contribution in [3.63, 3.8) is 0 Å². The first kappa shape index (κ1) is 19.3. The molecule has 1 aliphatic heterocycles. The quantitative estimate of drug-likeness (QED) is 0.829. The van der Waals surface area contributed by atoms with Gasteiger partial charge in [0.1, 0.15) is 12.4 Å². The molecule has 0 aliphatic carbocycles. The largest absolute Gasteiger partial charge is 0.489 e. The van der Waals surface area contributed by atoms with Crippen molar-refractivity contribution in [1.29, 1.82) is 0 Å². The lowest BCUT2D eigenvalue weighted by molar-refractivity contribution is -0.123. The lowest BCUT2D eigenvalue weighted by Crippen LogP contribution is -2.46. The standard InChI is InChI=1S/C20H24N2O2.ClH/c23-20(18-11-6-7-13-21-18)22-14-17-10-4-5-12-19(17)24-15-16-8-2-1-3-9-16;/h1-5,8-10,12,18,21H,6-7,11,13-15H2,(H,22,23);1H. The molecule has 1 aliphatic rings. The number of ether oxygens (including phenoxy) is 1. The zero-order valence-corrected chi connectivity index (χ0v) is 15.1. The van der Waals surface area contributed by atoms with E-state index in [-0.39, 0.29) is 24.4 Å². The van der Waals surface area contributed by atoms with Crippen LogP contribution in [0.2, 0.25) is 0 Å². The number of hydrogen-bond acceptors (Lipinski definition) is 3. The molecule has 1 unspecified atom stereocenters. The van der Waals surface area contributed by atoms with Gasteiger partial charge in [-0.2, -0.15) is 0 Å². The van der Waals surface area contributed by atoms with Crippen molar-refractivity contribution in [2.45, 2.75) is 38.5 Å². The van der Waals surface area contributed by atoms with Crippen LogP contribution in [0.3, 0.4) is 0 Å². The van der Waals surface area contributed by atoms with Crippen LogP contribution in [-0.2, 0) is 17.9 Å². The molecule has 0 radical (unpaired) electrons. The van der Waals surface area contributed by atoms with Gasteiger partial charge in [-0.05, 0) is 31.0 Å². The third-order valence-electron chi connectivity index (χ3n) is 4.29. The lowest BCUT2D eigenvalue weighted by Gasteiger charge is -2.22. The van der Waals surface area contributed by atoms with Gasteiger partial charge < -0.3 is 15.4 Å². The third kappa shape index (κ3) is 5.76. The van der Waals surface area contributed by atoms with Crippen LogP contribution in [0.5, 0.6) is 5.75 Å². The number of hydrogen-bond donors (Lipinski definition) is 2. The van der Waals surface area contributed by atoms with Crippen LogP contribution in [-0.4, -0.2) is 18.5 Å². The second-order valence-electron chi connectivity index (χ2n) is 6.10. The van der Waals surface area contributed by atoms with Crippen LogP contribution in [0.4, 0.5) is 0 Å². The topological polar surface area (TPSA) is 50.4 Å². The molecule has 4 nitrogen and oxygen atoms in total. The molecule has 1 heterocycles. The van der Waals surface area contributed by atoms with E-state index in [0.29, 0.717) is 13.2 Å². The molecule has 0 saturated carbocycles. The van der Waals surface area contributed by atoms with Crippen LogP contribution in [0, 0.1) is 0 Å². The molecule has 1 fully saturated rings. The van der Waals surface area contributed by atoms with Gasteiger partial charge in [0.25, 0.3) is 0 Å². The first-order chi connectivity index (χ1) is 11.8. The van der Waals surface area contributed by atoms with E-state index in [0.717, 1.165) is 42.7 Å². The highest BCUT2D eigenvalue weighted by atomic mass is 35.5. The Morgan fingerprint density at radius 3 is 2.60 bits per heavy atom. The Morgan fingerprint density at radius 2 is 1.84 bits per heavy atom. The summed E-state index contributed by atoms with van der Waals surface area (Å²) in [6.45, 7) is 1.94. The molecule has 0 aromatic heterocycles. The summed E-state index contributed by atoms with van der Waals surface area (Å²) in [4.78, 5) is 12.2. The maximum Gasteiger partial charge on any atom is 0.237 e. The number of benzene rings is 2. The molecule has 25 heavy (non-hydrogen) atoms.